The molecule has 0 aliphatic rings. The smallest absolute Gasteiger partial charge is 0.251 e. The monoisotopic (exact) mass is 231 g/mol. The van der Waals surface area contributed by atoms with Gasteiger partial charge in [-0.05, 0) is 37.6 Å². The van der Waals surface area contributed by atoms with Gasteiger partial charge >= 0.3 is 0 Å². The molecule has 0 aromatic heterocycles. The molecule has 0 spiro atoms. The van der Waals surface area contributed by atoms with Crippen LogP contribution in [0.1, 0.15) is 30.1 Å². The number of carbonyl (C=O) groups is 1. The van der Waals surface area contributed by atoms with Gasteiger partial charge in [0, 0.05) is 18.5 Å². The van der Waals surface area contributed by atoms with Gasteiger partial charge in [-0.15, -0.1) is 12.3 Å². The van der Waals surface area contributed by atoms with Gasteiger partial charge in [0.15, 0.2) is 0 Å². The van der Waals surface area contributed by atoms with Gasteiger partial charge in [-0.3, -0.25) is 4.79 Å². The first-order chi connectivity index (χ1) is 8.27. The second-order valence-electron chi connectivity index (χ2n) is 3.52. The van der Waals surface area contributed by atoms with E-state index in [1.807, 2.05) is 6.92 Å². The Morgan fingerprint density at radius 1 is 1.41 bits per heavy atom. The van der Waals surface area contributed by atoms with Crippen molar-refractivity contribution in [2.24, 2.45) is 0 Å². The third kappa shape index (κ3) is 4.60. The molecular weight excluding hydrogens is 214 g/mol. The molecule has 3 nitrogen and oxygen atoms in total. The molecule has 0 atom stereocenters. The van der Waals surface area contributed by atoms with Crippen LogP contribution in [0.4, 0.5) is 0 Å². The number of rotatable bonds is 6. The maximum absolute atomic E-state index is 11.7. The van der Waals surface area contributed by atoms with Crippen molar-refractivity contribution >= 4 is 5.91 Å². The first kappa shape index (κ1) is 13.1. The van der Waals surface area contributed by atoms with Crippen molar-refractivity contribution in [1.29, 1.82) is 0 Å². The zero-order chi connectivity index (χ0) is 12.5. The van der Waals surface area contributed by atoms with E-state index in [9.17, 15) is 4.79 Å². The van der Waals surface area contributed by atoms with Crippen LogP contribution in [-0.2, 0) is 0 Å². The molecule has 0 aliphatic carbocycles. The number of nitrogens with one attached hydrogen (secondary N) is 1. The molecule has 1 aromatic rings. The SMILES string of the molecule is C#CCCCNC(=O)c1ccc(OCC)cc1. The van der Waals surface area contributed by atoms with Crippen LogP contribution in [-0.4, -0.2) is 19.1 Å². The highest BCUT2D eigenvalue weighted by molar-refractivity contribution is 5.94. The molecule has 0 heterocycles. The number of hydrogen-bond donors (Lipinski definition) is 1. The summed E-state index contributed by atoms with van der Waals surface area (Å²) in [7, 11) is 0. The van der Waals surface area contributed by atoms with Gasteiger partial charge in [-0.1, -0.05) is 0 Å². The Morgan fingerprint density at radius 2 is 2.12 bits per heavy atom. The highest BCUT2D eigenvalue weighted by atomic mass is 16.5. The van der Waals surface area contributed by atoms with Crippen LogP contribution < -0.4 is 10.1 Å². The first-order valence-electron chi connectivity index (χ1n) is 5.72. The summed E-state index contributed by atoms with van der Waals surface area (Å²) in [5.41, 5.74) is 0.633. The van der Waals surface area contributed by atoms with Gasteiger partial charge in [0.2, 0.25) is 0 Å². The third-order valence-corrected chi connectivity index (χ3v) is 2.21. The molecule has 0 saturated heterocycles. The van der Waals surface area contributed by atoms with Gasteiger partial charge in [0.05, 0.1) is 6.61 Å². The Kier molecular flexibility index (Phi) is 5.67. The average molecular weight is 231 g/mol. The zero-order valence-electron chi connectivity index (χ0n) is 10.0. The van der Waals surface area contributed by atoms with Crippen LogP contribution in [0.5, 0.6) is 5.75 Å². The highest BCUT2D eigenvalue weighted by Crippen LogP contribution is 2.11. The van der Waals surface area contributed by atoms with Crippen molar-refractivity contribution in [2.45, 2.75) is 19.8 Å². The fraction of sp³-hybridized carbons (Fsp3) is 0.357. The van der Waals surface area contributed by atoms with Crippen LogP contribution in [0, 0.1) is 12.3 Å². The fourth-order valence-electron chi connectivity index (χ4n) is 1.36. The number of unbranched alkanes of at least 4 members (excludes halogenated alkanes) is 1. The minimum absolute atomic E-state index is 0.0786. The van der Waals surface area contributed by atoms with E-state index < -0.39 is 0 Å². The molecular formula is C14H17NO2. The lowest BCUT2D eigenvalue weighted by molar-refractivity contribution is 0.0953. The molecule has 1 N–H and O–H groups in total. The second-order valence-corrected chi connectivity index (χ2v) is 3.52. The highest BCUT2D eigenvalue weighted by Gasteiger charge is 2.04. The Balaban J connectivity index is 2.44. The van der Waals surface area contributed by atoms with Crippen LogP contribution in [0.15, 0.2) is 24.3 Å². The summed E-state index contributed by atoms with van der Waals surface area (Å²) in [6, 6.07) is 7.09. The van der Waals surface area contributed by atoms with E-state index in [1.54, 1.807) is 24.3 Å². The van der Waals surface area contributed by atoms with Gasteiger partial charge in [0.1, 0.15) is 5.75 Å². The molecule has 0 aliphatic heterocycles. The number of ether oxygens (including phenoxy) is 1. The van der Waals surface area contributed by atoms with Crippen molar-refractivity contribution in [3.63, 3.8) is 0 Å². The van der Waals surface area contributed by atoms with Crippen LogP contribution >= 0.6 is 0 Å². The topological polar surface area (TPSA) is 38.3 Å². The fourth-order valence-corrected chi connectivity index (χ4v) is 1.36. The summed E-state index contributed by atoms with van der Waals surface area (Å²) in [6.07, 6.45) is 6.61. The molecule has 1 amide bonds. The molecule has 1 aromatic carbocycles. The van der Waals surface area contributed by atoms with Gasteiger partial charge < -0.3 is 10.1 Å². The lowest BCUT2D eigenvalue weighted by Crippen LogP contribution is -2.24. The second kappa shape index (κ2) is 7.34. The molecule has 17 heavy (non-hydrogen) atoms. The first-order valence-corrected chi connectivity index (χ1v) is 5.72. The molecule has 0 radical (unpaired) electrons. The van der Waals surface area contributed by atoms with Crippen molar-refractivity contribution in [3.8, 4) is 18.1 Å². The van der Waals surface area contributed by atoms with E-state index in [2.05, 4.69) is 11.2 Å². The molecule has 90 valence electrons. The molecule has 0 bridgehead atoms. The summed E-state index contributed by atoms with van der Waals surface area (Å²) in [6.45, 7) is 3.15. The minimum atomic E-state index is -0.0786. The van der Waals surface area contributed by atoms with E-state index >= 15 is 0 Å². The lowest BCUT2D eigenvalue weighted by Gasteiger charge is -2.06. The van der Waals surface area contributed by atoms with E-state index in [1.165, 1.54) is 0 Å². The number of terminal acetylenes is 1. The standard InChI is InChI=1S/C14H17NO2/c1-3-5-6-11-15-14(16)12-7-9-13(10-8-12)17-4-2/h1,7-10H,4-6,11H2,2H3,(H,15,16). The van der Waals surface area contributed by atoms with Crippen molar-refractivity contribution in [2.75, 3.05) is 13.2 Å². The van der Waals surface area contributed by atoms with Crippen LogP contribution in [0.3, 0.4) is 0 Å². The molecule has 1 rings (SSSR count). The summed E-state index contributed by atoms with van der Waals surface area (Å²) in [5, 5.41) is 2.81. The average Bonchev–Trinajstić information content (AvgIpc) is 2.36. The predicted octanol–water partition coefficient (Wildman–Crippen LogP) is 2.23. The molecule has 0 unspecified atom stereocenters. The Labute approximate surface area is 102 Å². The van der Waals surface area contributed by atoms with E-state index in [0.717, 1.165) is 12.2 Å². The molecule has 0 saturated carbocycles. The van der Waals surface area contributed by atoms with E-state index in [0.29, 0.717) is 25.1 Å². The van der Waals surface area contributed by atoms with Crippen LogP contribution in [0.25, 0.3) is 0 Å². The van der Waals surface area contributed by atoms with Gasteiger partial charge in [0.25, 0.3) is 5.91 Å². The quantitative estimate of drug-likeness (QED) is 0.602. The molecule has 0 fully saturated rings. The number of amides is 1. The Morgan fingerprint density at radius 3 is 2.71 bits per heavy atom. The normalized spacial score (nSPS) is 9.41. The Bertz CT molecular complexity index is 390. The van der Waals surface area contributed by atoms with Gasteiger partial charge in [-0.2, -0.15) is 0 Å². The van der Waals surface area contributed by atoms with Gasteiger partial charge in [-0.25, -0.2) is 0 Å². The number of hydrogen-bond acceptors (Lipinski definition) is 2. The Hall–Kier alpha value is -1.95. The maximum Gasteiger partial charge on any atom is 0.251 e. The maximum atomic E-state index is 11.7. The van der Waals surface area contributed by atoms with Crippen molar-refractivity contribution < 1.29 is 9.53 Å². The van der Waals surface area contributed by atoms with Crippen molar-refractivity contribution in [3.05, 3.63) is 29.8 Å². The summed E-state index contributed by atoms with van der Waals surface area (Å²) in [4.78, 5) is 11.7. The minimum Gasteiger partial charge on any atom is -0.494 e. The molecule has 3 heteroatoms. The van der Waals surface area contributed by atoms with E-state index in [-0.39, 0.29) is 5.91 Å². The number of benzene rings is 1. The van der Waals surface area contributed by atoms with E-state index in [4.69, 9.17) is 11.2 Å². The van der Waals surface area contributed by atoms with Crippen molar-refractivity contribution in [1.82, 2.24) is 5.32 Å². The third-order valence-electron chi connectivity index (χ3n) is 2.21. The van der Waals surface area contributed by atoms with Crippen LogP contribution in [0.2, 0.25) is 0 Å². The predicted molar refractivity (Wildman–Crippen MR) is 68.0 cm³/mol. The lowest BCUT2D eigenvalue weighted by atomic mass is 10.2. The summed E-state index contributed by atoms with van der Waals surface area (Å²) < 4.78 is 5.30. The summed E-state index contributed by atoms with van der Waals surface area (Å²) >= 11 is 0. The summed E-state index contributed by atoms with van der Waals surface area (Å²) in [5.74, 6) is 3.23. The largest absolute Gasteiger partial charge is 0.494 e. The zero-order valence-corrected chi connectivity index (χ0v) is 10.0. The number of carbonyl (C=O) groups excluding carboxylic acids is 1.